The van der Waals surface area contributed by atoms with Crippen molar-refractivity contribution in [1.82, 2.24) is 14.6 Å². The summed E-state index contributed by atoms with van der Waals surface area (Å²) < 4.78 is 6.57. The molecule has 0 spiro atoms. The number of carbonyl (C=O) groups is 1. The molecule has 6 nitrogen and oxygen atoms in total. The molecule has 3 heterocycles. The number of anilines is 1. The van der Waals surface area contributed by atoms with Crippen LogP contribution in [0.1, 0.15) is 6.42 Å². The Hall–Kier alpha value is -2.11. The van der Waals surface area contributed by atoms with Crippen molar-refractivity contribution in [3.8, 4) is 0 Å². The lowest BCUT2D eigenvalue weighted by Crippen LogP contribution is -2.24. The second-order valence-electron chi connectivity index (χ2n) is 4.37. The minimum absolute atomic E-state index is 0.0556. The largest absolute Gasteiger partial charge is 0.469 e. The van der Waals surface area contributed by atoms with E-state index in [0.29, 0.717) is 6.54 Å². The van der Waals surface area contributed by atoms with Crippen LogP contribution in [0.15, 0.2) is 24.7 Å². The summed E-state index contributed by atoms with van der Waals surface area (Å²) in [4.78, 5) is 18.0. The van der Waals surface area contributed by atoms with Gasteiger partial charge in [-0.15, -0.1) is 0 Å². The Bertz CT molecular complexity index is 580. The molecule has 0 radical (unpaired) electrons. The van der Waals surface area contributed by atoms with Gasteiger partial charge in [-0.25, -0.2) is 9.50 Å². The van der Waals surface area contributed by atoms with E-state index in [2.05, 4.69) is 15.0 Å². The van der Waals surface area contributed by atoms with Crippen molar-refractivity contribution in [2.75, 3.05) is 25.1 Å². The zero-order valence-corrected chi connectivity index (χ0v) is 10.1. The van der Waals surface area contributed by atoms with Crippen molar-refractivity contribution in [2.24, 2.45) is 5.92 Å². The van der Waals surface area contributed by atoms with Crippen molar-refractivity contribution in [2.45, 2.75) is 6.42 Å². The first kappa shape index (κ1) is 11.0. The highest BCUT2D eigenvalue weighted by Crippen LogP contribution is 2.25. The maximum Gasteiger partial charge on any atom is 0.310 e. The highest BCUT2D eigenvalue weighted by molar-refractivity contribution is 5.75. The van der Waals surface area contributed by atoms with E-state index < -0.39 is 0 Å². The average Bonchev–Trinajstić information content (AvgIpc) is 3.05. The molecule has 0 aliphatic carbocycles. The summed E-state index contributed by atoms with van der Waals surface area (Å²) in [6, 6.07) is 1.92. The average molecular weight is 246 g/mol. The fourth-order valence-electron chi connectivity index (χ4n) is 2.40. The number of hydrogen-bond acceptors (Lipinski definition) is 5. The van der Waals surface area contributed by atoms with Gasteiger partial charge in [0.25, 0.3) is 0 Å². The molecule has 2 aromatic heterocycles. The molecule has 1 aliphatic rings. The van der Waals surface area contributed by atoms with E-state index in [1.165, 1.54) is 7.11 Å². The Balaban J connectivity index is 1.88. The zero-order valence-electron chi connectivity index (χ0n) is 10.1. The van der Waals surface area contributed by atoms with Gasteiger partial charge in [0, 0.05) is 25.5 Å². The predicted octanol–water partition coefficient (Wildman–Crippen LogP) is 0.729. The molecule has 2 aromatic rings. The second-order valence-corrected chi connectivity index (χ2v) is 4.37. The van der Waals surface area contributed by atoms with Crippen molar-refractivity contribution in [3.63, 3.8) is 0 Å². The number of esters is 1. The third-order valence-corrected chi connectivity index (χ3v) is 3.33. The van der Waals surface area contributed by atoms with E-state index in [4.69, 9.17) is 4.74 Å². The molecule has 18 heavy (non-hydrogen) atoms. The molecule has 94 valence electrons. The van der Waals surface area contributed by atoms with E-state index in [0.717, 1.165) is 24.3 Å². The van der Waals surface area contributed by atoms with Gasteiger partial charge in [0.15, 0.2) is 5.82 Å². The van der Waals surface area contributed by atoms with Crippen LogP contribution in [-0.4, -0.2) is 40.8 Å². The first-order valence-electron chi connectivity index (χ1n) is 5.90. The monoisotopic (exact) mass is 246 g/mol. The fourth-order valence-corrected chi connectivity index (χ4v) is 2.40. The topological polar surface area (TPSA) is 59.7 Å². The van der Waals surface area contributed by atoms with Crippen LogP contribution in [0.5, 0.6) is 0 Å². The highest BCUT2D eigenvalue weighted by Gasteiger charge is 2.30. The Morgan fingerprint density at radius 1 is 1.50 bits per heavy atom. The Morgan fingerprint density at radius 3 is 3.22 bits per heavy atom. The van der Waals surface area contributed by atoms with Crippen LogP contribution < -0.4 is 4.90 Å². The SMILES string of the molecule is COC(=O)C1CCN(c2nccn3nccc23)C1. The number of rotatable bonds is 2. The third-order valence-electron chi connectivity index (χ3n) is 3.33. The first-order chi connectivity index (χ1) is 8.79. The Kier molecular flexibility index (Phi) is 2.62. The van der Waals surface area contributed by atoms with Crippen LogP contribution in [0.2, 0.25) is 0 Å². The predicted molar refractivity (Wildman–Crippen MR) is 65.3 cm³/mol. The molecule has 1 aliphatic heterocycles. The van der Waals surface area contributed by atoms with E-state index in [1.54, 1.807) is 16.9 Å². The molecule has 0 N–H and O–H groups in total. The zero-order chi connectivity index (χ0) is 12.5. The van der Waals surface area contributed by atoms with Crippen molar-refractivity contribution < 1.29 is 9.53 Å². The molecule has 6 heteroatoms. The fraction of sp³-hybridized carbons (Fsp3) is 0.417. The van der Waals surface area contributed by atoms with Crippen molar-refractivity contribution >= 4 is 17.3 Å². The molecule has 0 aromatic carbocycles. The van der Waals surface area contributed by atoms with Gasteiger partial charge in [-0.2, -0.15) is 5.10 Å². The summed E-state index contributed by atoms with van der Waals surface area (Å²) in [5.41, 5.74) is 0.961. The number of fused-ring (bicyclic) bond motifs is 1. The van der Waals surface area contributed by atoms with Gasteiger partial charge in [-0.1, -0.05) is 0 Å². The quantitative estimate of drug-likeness (QED) is 0.731. The van der Waals surface area contributed by atoms with Crippen LogP contribution in [0.4, 0.5) is 5.82 Å². The lowest BCUT2D eigenvalue weighted by Gasteiger charge is -2.17. The van der Waals surface area contributed by atoms with Gasteiger partial charge in [0.1, 0.15) is 5.52 Å². The van der Waals surface area contributed by atoms with E-state index in [1.807, 2.05) is 12.3 Å². The van der Waals surface area contributed by atoms with E-state index in [-0.39, 0.29) is 11.9 Å². The van der Waals surface area contributed by atoms with Crippen LogP contribution in [0.25, 0.3) is 5.52 Å². The van der Waals surface area contributed by atoms with Gasteiger partial charge in [0.05, 0.1) is 19.2 Å². The van der Waals surface area contributed by atoms with Gasteiger partial charge in [-0.3, -0.25) is 4.79 Å². The van der Waals surface area contributed by atoms with Crippen molar-refractivity contribution in [1.29, 1.82) is 0 Å². The summed E-state index contributed by atoms with van der Waals surface area (Å²) in [7, 11) is 1.43. The molecule has 1 unspecified atom stereocenters. The molecule has 1 saturated heterocycles. The molecular formula is C12H14N4O2. The van der Waals surface area contributed by atoms with Gasteiger partial charge in [-0.05, 0) is 12.5 Å². The molecule has 1 atom stereocenters. The molecule has 3 rings (SSSR count). The van der Waals surface area contributed by atoms with Gasteiger partial charge >= 0.3 is 5.97 Å². The van der Waals surface area contributed by atoms with Gasteiger partial charge in [0.2, 0.25) is 0 Å². The number of aromatic nitrogens is 3. The summed E-state index contributed by atoms with van der Waals surface area (Å²) in [5.74, 6) is 0.680. The van der Waals surface area contributed by atoms with Gasteiger partial charge < -0.3 is 9.64 Å². The summed E-state index contributed by atoms with van der Waals surface area (Å²) in [5, 5.41) is 4.18. The molecule has 1 fully saturated rings. The number of carbonyl (C=O) groups excluding carboxylic acids is 1. The molecular weight excluding hydrogens is 232 g/mol. The summed E-state index contributed by atoms with van der Waals surface area (Å²) in [6.07, 6.45) is 6.09. The number of methoxy groups -OCH3 is 1. The van der Waals surface area contributed by atoms with Crippen LogP contribution in [0, 0.1) is 5.92 Å². The Labute approximate surface area is 104 Å². The normalized spacial score (nSPS) is 19.4. The Morgan fingerprint density at radius 2 is 2.39 bits per heavy atom. The maximum absolute atomic E-state index is 11.5. The molecule has 0 saturated carbocycles. The highest BCUT2D eigenvalue weighted by atomic mass is 16.5. The van der Waals surface area contributed by atoms with Crippen LogP contribution in [-0.2, 0) is 9.53 Å². The minimum Gasteiger partial charge on any atom is -0.469 e. The van der Waals surface area contributed by atoms with E-state index >= 15 is 0 Å². The third kappa shape index (κ3) is 1.70. The summed E-state index contributed by atoms with van der Waals surface area (Å²) in [6.45, 7) is 1.47. The molecule has 0 amide bonds. The minimum atomic E-state index is -0.141. The maximum atomic E-state index is 11.5. The number of ether oxygens (including phenoxy) is 1. The lowest BCUT2D eigenvalue weighted by molar-refractivity contribution is -0.144. The van der Waals surface area contributed by atoms with Crippen LogP contribution in [0.3, 0.4) is 0 Å². The lowest BCUT2D eigenvalue weighted by atomic mass is 10.1. The molecule has 0 bridgehead atoms. The number of hydrogen-bond donors (Lipinski definition) is 0. The van der Waals surface area contributed by atoms with E-state index in [9.17, 15) is 4.79 Å². The number of nitrogens with zero attached hydrogens (tertiary/aromatic N) is 4. The van der Waals surface area contributed by atoms with Crippen molar-refractivity contribution in [3.05, 3.63) is 24.7 Å². The van der Waals surface area contributed by atoms with Crippen LogP contribution >= 0.6 is 0 Å². The standard InChI is InChI=1S/C12H14N4O2/c1-18-12(17)9-3-6-15(8-9)11-10-2-4-14-16(10)7-5-13-11/h2,4-5,7,9H,3,6,8H2,1H3. The first-order valence-corrected chi connectivity index (χ1v) is 5.90. The summed E-state index contributed by atoms with van der Waals surface area (Å²) >= 11 is 0. The second kappa shape index (κ2) is 4.29. The smallest absolute Gasteiger partial charge is 0.310 e.